The van der Waals surface area contributed by atoms with E-state index in [1.54, 1.807) is 0 Å². The van der Waals surface area contributed by atoms with E-state index in [4.69, 9.17) is 0 Å². The number of nitrogens with zero attached hydrogens (tertiary/aromatic N) is 1. The van der Waals surface area contributed by atoms with E-state index in [-0.39, 0.29) is 23.8 Å². The van der Waals surface area contributed by atoms with Gasteiger partial charge in [0.25, 0.3) is 0 Å². The number of piperazine rings is 1. The molecule has 1 N–H and O–H groups in total. The van der Waals surface area contributed by atoms with Crippen LogP contribution in [0.25, 0.3) is 0 Å². The van der Waals surface area contributed by atoms with Crippen LogP contribution in [0.5, 0.6) is 0 Å². The molecule has 4 nitrogen and oxygen atoms in total. The van der Waals surface area contributed by atoms with Gasteiger partial charge in [-0.15, -0.1) is 0 Å². The minimum absolute atomic E-state index is 0.108. The Kier molecular flexibility index (Phi) is 3.98. The minimum Gasteiger partial charge on any atom is -0.342 e. The maximum Gasteiger partial charge on any atom is 0.246 e. The highest BCUT2D eigenvalue weighted by molar-refractivity contribution is 6.00. The third-order valence-electron chi connectivity index (χ3n) is 5.56. The van der Waals surface area contributed by atoms with Crippen molar-refractivity contribution in [2.24, 2.45) is 11.8 Å². The number of hydrogen-bond donors (Lipinski definition) is 1. The van der Waals surface area contributed by atoms with Crippen molar-refractivity contribution >= 4 is 11.8 Å². The second kappa shape index (κ2) is 5.62. The average molecular weight is 292 g/mol. The summed E-state index contributed by atoms with van der Waals surface area (Å²) in [5.74, 6) is 1.22. The second-order valence-electron chi connectivity index (χ2n) is 7.51. The zero-order valence-electron chi connectivity index (χ0n) is 13.4. The van der Waals surface area contributed by atoms with Gasteiger partial charge in [0.15, 0.2) is 0 Å². The first kappa shape index (κ1) is 14.9. The molecular formula is C17H28N2O2. The molecule has 3 rings (SSSR count). The molecule has 1 heterocycles. The Morgan fingerprint density at radius 2 is 1.86 bits per heavy atom. The molecule has 2 saturated carbocycles. The number of rotatable bonds is 4. The fourth-order valence-corrected chi connectivity index (χ4v) is 3.97. The Hall–Kier alpha value is -1.06. The number of nitrogens with one attached hydrogen (secondary N) is 1. The van der Waals surface area contributed by atoms with Crippen LogP contribution >= 0.6 is 0 Å². The summed E-state index contributed by atoms with van der Waals surface area (Å²) < 4.78 is 0. The molecule has 0 aromatic heterocycles. The molecule has 4 heteroatoms. The van der Waals surface area contributed by atoms with Gasteiger partial charge in [0.1, 0.15) is 11.6 Å². The van der Waals surface area contributed by atoms with E-state index in [1.165, 1.54) is 19.3 Å². The maximum atomic E-state index is 12.9. The fourth-order valence-electron chi connectivity index (χ4n) is 3.97. The van der Waals surface area contributed by atoms with E-state index in [2.05, 4.69) is 5.32 Å². The molecule has 21 heavy (non-hydrogen) atoms. The van der Waals surface area contributed by atoms with Gasteiger partial charge < -0.3 is 10.2 Å². The zero-order chi connectivity index (χ0) is 15.0. The summed E-state index contributed by atoms with van der Waals surface area (Å²) in [6.45, 7) is 4.81. The van der Waals surface area contributed by atoms with Gasteiger partial charge in [-0.05, 0) is 31.1 Å². The van der Waals surface area contributed by atoms with Crippen molar-refractivity contribution in [2.75, 3.05) is 6.54 Å². The van der Waals surface area contributed by atoms with Crippen molar-refractivity contribution in [3.63, 3.8) is 0 Å². The summed E-state index contributed by atoms with van der Waals surface area (Å²) in [7, 11) is 0. The van der Waals surface area contributed by atoms with Gasteiger partial charge in [0, 0.05) is 6.54 Å². The third-order valence-corrected chi connectivity index (χ3v) is 5.56. The number of carbonyl (C=O) groups excluding carboxylic acids is 2. The van der Waals surface area contributed by atoms with Gasteiger partial charge in [0.05, 0.1) is 0 Å². The Morgan fingerprint density at radius 3 is 2.43 bits per heavy atom. The number of amides is 2. The van der Waals surface area contributed by atoms with Crippen LogP contribution < -0.4 is 5.32 Å². The number of hydrogen-bond acceptors (Lipinski definition) is 2. The van der Waals surface area contributed by atoms with E-state index < -0.39 is 5.54 Å². The SMILES string of the molecule is CC(C)C1NC(=O)C2(CCCCC2)N(CCC2CC2)C1=O. The predicted octanol–water partition coefficient (Wildman–Crippen LogP) is 2.47. The van der Waals surface area contributed by atoms with Gasteiger partial charge in [-0.25, -0.2) is 0 Å². The average Bonchev–Trinajstić information content (AvgIpc) is 3.28. The van der Waals surface area contributed by atoms with Crippen molar-refractivity contribution < 1.29 is 9.59 Å². The molecule has 1 saturated heterocycles. The van der Waals surface area contributed by atoms with E-state index in [9.17, 15) is 9.59 Å². The Balaban J connectivity index is 1.84. The Bertz CT molecular complexity index is 423. The van der Waals surface area contributed by atoms with Gasteiger partial charge in [-0.1, -0.05) is 46.0 Å². The fraction of sp³-hybridized carbons (Fsp3) is 0.882. The molecule has 2 aliphatic carbocycles. The highest BCUT2D eigenvalue weighted by Crippen LogP contribution is 2.39. The van der Waals surface area contributed by atoms with Crippen LogP contribution in [0.1, 0.15) is 65.2 Å². The lowest BCUT2D eigenvalue weighted by atomic mass is 9.76. The first-order valence-electron chi connectivity index (χ1n) is 8.67. The summed E-state index contributed by atoms with van der Waals surface area (Å²) in [4.78, 5) is 27.7. The van der Waals surface area contributed by atoms with Gasteiger partial charge in [0.2, 0.25) is 11.8 Å². The van der Waals surface area contributed by atoms with Crippen LogP contribution in [-0.2, 0) is 9.59 Å². The van der Waals surface area contributed by atoms with Crippen LogP contribution in [0.2, 0.25) is 0 Å². The van der Waals surface area contributed by atoms with Gasteiger partial charge in [-0.3, -0.25) is 9.59 Å². The molecule has 3 fully saturated rings. The molecule has 1 atom stereocenters. The van der Waals surface area contributed by atoms with E-state index in [0.717, 1.165) is 44.6 Å². The largest absolute Gasteiger partial charge is 0.342 e. The first-order valence-corrected chi connectivity index (χ1v) is 8.67. The van der Waals surface area contributed by atoms with Crippen LogP contribution in [0, 0.1) is 11.8 Å². The van der Waals surface area contributed by atoms with Crippen LogP contribution in [-0.4, -0.2) is 34.8 Å². The quantitative estimate of drug-likeness (QED) is 0.865. The lowest BCUT2D eigenvalue weighted by Crippen LogP contribution is -2.72. The predicted molar refractivity (Wildman–Crippen MR) is 81.6 cm³/mol. The normalized spacial score (nSPS) is 29.1. The van der Waals surface area contributed by atoms with E-state index >= 15 is 0 Å². The van der Waals surface area contributed by atoms with Crippen molar-refractivity contribution in [2.45, 2.75) is 76.8 Å². The lowest BCUT2D eigenvalue weighted by molar-refractivity contribution is -0.161. The molecule has 2 amide bonds. The molecule has 1 spiro atoms. The van der Waals surface area contributed by atoms with Crippen molar-refractivity contribution in [1.82, 2.24) is 10.2 Å². The monoisotopic (exact) mass is 292 g/mol. The smallest absolute Gasteiger partial charge is 0.246 e. The van der Waals surface area contributed by atoms with Gasteiger partial charge in [-0.2, -0.15) is 0 Å². The summed E-state index contributed by atoms with van der Waals surface area (Å²) in [6.07, 6.45) is 8.68. The summed E-state index contributed by atoms with van der Waals surface area (Å²) in [5, 5.41) is 3.03. The Labute approximate surface area is 127 Å². The highest BCUT2D eigenvalue weighted by atomic mass is 16.2. The van der Waals surface area contributed by atoms with Crippen LogP contribution in [0.3, 0.4) is 0 Å². The second-order valence-corrected chi connectivity index (χ2v) is 7.51. The molecule has 0 aromatic rings. The van der Waals surface area contributed by atoms with Crippen LogP contribution in [0.4, 0.5) is 0 Å². The first-order chi connectivity index (χ1) is 10.0. The maximum absolute atomic E-state index is 12.9. The molecule has 1 unspecified atom stereocenters. The summed E-state index contributed by atoms with van der Waals surface area (Å²) >= 11 is 0. The summed E-state index contributed by atoms with van der Waals surface area (Å²) in [6, 6.07) is -0.329. The van der Waals surface area contributed by atoms with Crippen molar-refractivity contribution in [3.05, 3.63) is 0 Å². The zero-order valence-corrected chi connectivity index (χ0v) is 13.4. The van der Waals surface area contributed by atoms with Crippen molar-refractivity contribution in [1.29, 1.82) is 0 Å². The Morgan fingerprint density at radius 1 is 1.19 bits per heavy atom. The molecule has 0 radical (unpaired) electrons. The third kappa shape index (κ3) is 2.69. The summed E-state index contributed by atoms with van der Waals surface area (Å²) in [5.41, 5.74) is -0.532. The minimum atomic E-state index is -0.532. The standard InChI is InChI=1S/C17H28N2O2/c1-12(2)14-15(20)19(11-8-13-6-7-13)17(16(21)18-14)9-4-3-5-10-17/h12-14H,3-11H2,1-2H3,(H,18,21). The lowest BCUT2D eigenvalue weighted by Gasteiger charge is -2.50. The van der Waals surface area contributed by atoms with E-state index in [0.29, 0.717) is 0 Å². The van der Waals surface area contributed by atoms with Gasteiger partial charge >= 0.3 is 0 Å². The van der Waals surface area contributed by atoms with E-state index in [1.807, 2.05) is 18.7 Å². The number of carbonyl (C=O) groups is 2. The molecule has 3 aliphatic rings. The van der Waals surface area contributed by atoms with Crippen LogP contribution in [0.15, 0.2) is 0 Å². The molecular weight excluding hydrogens is 264 g/mol. The molecule has 1 aliphatic heterocycles. The highest BCUT2D eigenvalue weighted by Gasteiger charge is 2.53. The molecule has 0 bridgehead atoms. The molecule has 0 aromatic carbocycles. The molecule has 118 valence electrons. The topological polar surface area (TPSA) is 49.4 Å². The van der Waals surface area contributed by atoms with Crippen molar-refractivity contribution in [3.8, 4) is 0 Å².